The summed E-state index contributed by atoms with van der Waals surface area (Å²) in [4.78, 5) is 15.9. The first kappa shape index (κ1) is 20.8. The minimum absolute atomic E-state index is 0.0903. The zero-order valence-electron chi connectivity index (χ0n) is 15.6. The second-order valence-electron chi connectivity index (χ2n) is 6.64. The number of hydrogen-bond acceptors (Lipinski definition) is 3. The first-order chi connectivity index (χ1) is 13.8. The molecule has 5 nitrogen and oxygen atoms in total. The van der Waals surface area contributed by atoms with Gasteiger partial charge in [0.2, 0.25) is 0 Å². The van der Waals surface area contributed by atoms with Gasteiger partial charge in [0.05, 0.1) is 5.69 Å². The largest absolute Gasteiger partial charge is 0.484 e. The van der Waals surface area contributed by atoms with Gasteiger partial charge < -0.3 is 19.9 Å². The summed E-state index contributed by atoms with van der Waals surface area (Å²) in [6, 6.07) is 12.4. The number of alkyl halides is 3. The molecule has 0 spiro atoms. The fraction of sp³-hybridized carbons (Fsp3) is 0.350. The first-order valence-corrected chi connectivity index (χ1v) is 9.12. The van der Waals surface area contributed by atoms with E-state index in [-0.39, 0.29) is 24.1 Å². The number of halogens is 4. The van der Waals surface area contributed by atoms with Gasteiger partial charge in [0.25, 0.3) is 0 Å². The molecule has 2 aromatic rings. The lowest BCUT2D eigenvalue weighted by molar-refractivity contribution is -0.153. The molecule has 1 aliphatic rings. The lowest BCUT2D eigenvalue weighted by atomic mass is 10.2. The van der Waals surface area contributed by atoms with Crippen LogP contribution in [0.15, 0.2) is 48.5 Å². The van der Waals surface area contributed by atoms with Gasteiger partial charge in [0.1, 0.15) is 11.6 Å². The molecule has 1 N–H and O–H groups in total. The molecule has 3 rings (SSSR count). The van der Waals surface area contributed by atoms with E-state index >= 15 is 0 Å². The highest BCUT2D eigenvalue weighted by atomic mass is 19.4. The normalized spacial score (nSPS) is 14.6. The quantitative estimate of drug-likeness (QED) is 0.762. The molecule has 0 unspecified atom stereocenters. The number of urea groups is 1. The van der Waals surface area contributed by atoms with Crippen LogP contribution in [0.3, 0.4) is 0 Å². The summed E-state index contributed by atoms with van der Waals surface area (Å²) in [5.41, 5.74) is 1.14. The lowest BCUT2D eigenvalue weighted by Gasteiger charge is -2.36. The molecule has 1 aliphatic heterocycles. The molecule has 0 bridgehead atoms. The molecule has 156 valence electrons. The SMILES string of the molecule is O=C(NCc1cccc(OCC(F)(F)F)c1)N1CCN(c2ccccc2F)CC1. The van der Waals surface area contributed by atoms with Crippen LogP contribution in [0.25, 0.3) is 0 Å². The number of amides is 2. The third-order valence-electron chi connectivity index (χ3n) is 4.50. The van der Waals surface area contributed by atoms with Crippen LogP contribution in [0.2, 0.25) is 0 Å². The number of hydrogen-bond donors (Lipinski definition) is 1. The van der Waals surface area contributed by atoms with E-state index < -0.39 is 12.8 Å². The van der Waals surface area contributed by atoms with Gasteiger partial charge in [-0.2, -0.15) is 13.2 Å². The van der Waals surface area contributed by atoms with Crippen LogP contribution in [0.4, 0.5) is 28.0 Å². The summed E-state index contributed by atoms with van der Waals surface area (Å²) in [5.74, 6) is -0.203. The van der Waals surface area contributed by atoms with Crippen molar-refractivity contribution >= 4 is 11.7 Å². The Hall–Kier alpha value is -2.97. The Bertz CT molecular complexity index is 836. The Labute approximate surface area is 165 Å². The zero-order chi connectivity index (χ0) is 20.9. The average molecular weight is 411 g/mol. The Morgan fingerprint density at radius 2 is 1.76 bits per heavy atom. The van der Waals surface area contributed by atoms with Crippen LogP contribution in [0.1, 0.15) is 5.56 Å². The van der Waals surface area contributed by atoms with E-state index in [0.717, 1.165) is 0 Å². The third kappa shape index (κ3) is 6.00. The topological polar surface area (TPSA) is 44.8 Å². The molecular weight excluding hydrogens is 390 g/mol. The fourth-order valence-corrected chi connectivity index (χ4v) is 3.06. The number of carbonyl (C=O) groups is 1. The average Bonchev–Trinajstić information content (AvgIpc) is 2.71. The summed E-state index contributed by atoms with van der Waals surface area (Å²) < 4.78 is 55.3. The maximum absolute atomic E-state index is 13.9. The molecule has 0 aromatic heterocycles. The van der Waals surface area contributed by atoms with Crippen molar-refractivity contribution in [3.05, 3.63) is 59.9 Å². The highest BCUT2D eigenvalue weighted by Gasteiger charge is 2.28. The number of anilines is 1. The summed E-state index contributed by atoms with van der Waals surface area (Å²) in [7, 11) is 0. The van der Waals surface area contributed by atoms with Crippen molar-refractivity contribution in [3.8, 4) is 5.75 Å². The highest BCUT2D eigenvalue weighted by molar-refractivity contribution is 5.74. The molecular formula is C20H21F4N3O2. The Balaban J connectivity index is 1.47. The van der Waals surface area contributed by atoms with Crippen LogP contribution >= 0.6 is 0 Å². The predicted octanol–water partition coefficient (Wildman–Crippen LogP) is 3.80. The molecule has 0 aliphatic carbocycles. The van der Waals surface area contributed by atoms with E-state index in [4.69, 9.17) is 4.74 Å². The standard InChI is InChI=1S/C20H21F4N3O2/c21-17-6-1-2-7-18(17)26-8-10-27(11-9-26)19(28)25-13-15-4-3-5-16(12-15)29-14-20(22,23)24/h1-7,12H,8-11,13-14H2,(H,25,28). The van der Waals surface area contributed by atoms with Crippen molar-refractivity contribution in [1.82, 2.24) is 10.2 Å². The van der Waals surface area contributed by atoms with Crippen LogP contribution in [-0.2, 0) is 6.54 Å². The molecule has 1 fully saturated rings. The predicted molar refractivity (Wildman–Crippen MR) is 100 cm³/mol. The molecule has 0 atom stereocenters. The second-order valence-corrected chi connectivity index (χ2v) is 6.64. The van der Waals surface area contributed by atoms with Crippen molar-refractivity contribution in [2.75, 3.05) is 37.7 Å². The minimum atomic E-state index is -4.41. The van der Waals surface area contributed by atoms with Gasteiger partial charge in [0, 0.05) is 32.7 Å². The van der Waals surface area contributed by atoms with E-state index in [9.17, 15) is 22.4 Å². The maximum Gasteiger partial charge on any atom is 0.422 e. The number of benzene rings is 2. The van der Waals surface area contributed by atoms with Crippen molar-refractivity contribution in [3.63, 3.8) is 0 Å². The van der Waals surface area contributed by atoms with E-state index in [1.54, 1.807) is 35.2 Å². The lowest BCUT2D eigenvalue weighted by Crippen LogP contribution is -2.51. The molecule has 9 heteroatoms. The number of nitrogens with zero attached hydrogens (tertiary/aromatic N) is 2. The Morgan fingerprint density at radius 1 is 1.03 bits per heavy atom. The summed E-state index contributed by atoms with van der Waals surface area (Å²) in [5, 5.41) is 2.75. The number of para-hydroxylation sites is 1. The van der Waals surface area contributed by atoms with Gasteiger partial charge in [-0.05, 0) is 29.8 Å². The fourth-order valence-electron chi connectivity index (χ4n) is 3.06. The molecule has 0 radical (unpaired) electrons. The Morgan fingerprint density at radius 3 is 2.45 bits per heavy atom. The Kier molecular flexibility index (Phi) is 6.46. The first-order valence-electron chi connectivity index (χ1n) is 9.12. The number of carbonyl (C=O) groups excluding carboxylic acids is 1. The van der Waals surface area contributed by atoms with Crippen LogP contribution in [0.5, 0.6) is 5.75 Å². The maximum atomic E-state index is 13.9. The number of ether oxygens (including phenoxy) is 1. The van der Waals surface area contributed by atoms with E-state index in [2.05, 4.69) is 5.32 Å². The highest BCUT2D eigenvalue weighted by Crippen LogP contribution is 2.21. The summed E-state index contributed by atoms with van der Waals surface area (Å²) in [6.07, 6.45) is -4.41. The van der Waals surface area contributed by atoms with Crippen molar-refractivity contribution in [1.29, 1.82) is 0 Å². The molecule has 2 amide bonds. The molecule has 0 saturated carbocycles. The summed E-state index contributed by atoms with van der Waals surface area (Å²) in [6.45, 7) is 0.693. The van der Waals surface area contributed by atoms with Gasteiger partial charge in [-0.3, -0.25) is 0 Å². The van der Waals surface area contributed by atoms with Crippen LogP contribution < -0.4 is 15.0 Å². The molecule has 1 heterocycles. The van der Waals surface area contributed by atoms with Gasteiger partial charge in [-0.25, -0.2) is 9.18 Å². The van der Waals surface area contributed by atoms with Gasteiger partial charge >= 0.3 is 12.2 Å². The van der Waals surface area contributed by atoms with Crippen LogP contribution in [0, 0.1) is 5.82 Å². The van der Waals surface area contributed by atoms with Gasteiger partial charge in [-0.1, -0.05) is 24.3 Å². The minimum Gasteiger partial charge on any atom is -0.484 e. The molecule has 1 saturated heterocycles. The van der Waals surface area contributed by atoms with Crippen molar-refractivity contribution in [2.24, 2.45) is 0 Å². The van der Waals surface area contributed by atoms with Gasteiger partial charge in [-0.15, -0.1) is 0 Å². The molecule has 29 heavy (non-hydrogen) atoms. The smallest absolute Gasteiger partial charge is 0.422 e. The van der Waals surface area contributed by atoms with Crippen molar-refractivity contribution < 1.29 is 27.1 Å². The van der Waals surface area contributed by atoms with E-state index in [1.807, 2.05) is 4.90 Å². The number of piperazine rings is 1. The number of nitrogens with one attached hydrogen (secondary N) is 1. The van der Waals surface area contributed by atoms with Gasteiger partial charge in [0.15, 0.2) is 6.61 Å². The number of rotatable bonds is 5. The van der Waals surface area contributed by atoms with Crippen molar-refractivity contribution in [2.45, 2.75) is 12.7 Å². The summed E-state index contributed by atoms with van der Waals surface area (Å²) >= 11 is 0. The third-order valence-corrected chi connectivity index (χ3v) is 4.50. The van der Waals surface area contributed by atoms with Crippen LogP contribution in [-0.4, -0.2) is 49.9 Å². The van der Waals surface area contributed by atoms with E-state index in [1.165, 1.54) is 18.2 Å². The second kappa shape index (κ2) is 9.02. The van der Waals surface area contributed by atoms with E-state index in [0.29, 0.717) is 37.4 Å². The monoisotopic (exact) mass is 411 g/mol. The molecule has 2 aromatic carbocycles. The zero-order valence-corrected chi connectivity index (χ0v) is 15.6.